The molecule has 1 amide bonds. The number of nitrogens with zero attached hydrogens (tertiary/aromatic N) is 1. The van der Waals surface area contributed by atoms with Gasteiger partial charge < -0.3 is 19.7 Å². The van der Waals surface area contributed by atoms with Gasteiger partial charge in [0.2, 0.25) is 0 Å². The topological polar surface area (TPSA) is 50.8 Å². The highest BCUT2D eigenvalue weighted by Crippen LogP contribution is 2.28. The second kappa shape index (κ2) is 12.7. The average molecular weight is 447 g/mol. The van der Waals surface area contributed by atoms with Gasteiger partial charge in [0.1, 0.15) is 5.75 Å². The maximum absolute atomic E-state index is 13.6. The normalized spacial score (nSPS) is 15.9. The van der Waals surface area contributed by atoms with Crippen LogP contribution in [0, 0.1) is 0 Å². The van der Waals surface area contributed by atoms with Crippen LogP contribution in [0.25, 0.3) is 11.1 Å². The van der Waals surface area contributed by atoms with E-state index in [1.54, 1.807) is 7.11 Å². The Morgan fingerprint density at radius 1 is 1.13 bits per heavy atom. The summed E-state index contributed by atoms with van der Waals surface area (Å²) in [6, 6.07) is 16.4. The first-order chi connectivity index (χ1) is 14.6. The lowest BCUT2D eigenvalue weighted by Crippen LogP contribution is -2.51. The van der Waals surface area contributed by atoms with Crippen LogP contribution in [-0.2, 0) is 4.74 Å². The van der Waals surface area contributed by atoms with E-state index in [2.05, 4.69) is 31.3 Å². The summed E-state index contributed by atoms with van der Waals surface area (Å²) in [5.74, 6) is 0.791. The largest absolute Gasteiger partial charge is 0.493 e. The Hall–Kier alpha value is -2.08. The van der Waals surface area contributed by atoms with Crippen molar-refractivity contribution in [3.05, 3.63) is 54.1 Å². The molecule has 1 saturated heterocycles. The minimum Gasteiger partial charge on any atom is -0.493 e. The van der Waals surface area contributed by atoms with E-state index in [1.165, 1.54) is 0 Å². The van der Waals surface area contributed by atoms with Crippen LogP contribution >= 0.6 is 12.4 Å². The van der Waals surface area contributed by atoms with E-state index in [9.17, 15) is 4.79 Å². The Balaban J connectivity index is 0.00000341. The third kappa shape index (κ3) is 6.96. The monoisotopic (exact) mass is 446 g/mol. The Morgan fingerprint density at radius 3 is 2.55 bits per heavy atom. The smallest absolute Gasteiger partial charge is 0.254 e. The van der Waals surface area contributed by atoms with Gasteiger partial charge in [-0.05, 0) is 62.6 Å². The van der Waals surface area contributed by atoms with Crippen molar-refractivity contribution >= 4 is 18.3 Å². The molecule has 0 unspecified atom stereocenters. The lowest BCUT2D eigenvalue weighted by atomic mass is 9.99. The lowest BCUT2D eigenvalue weighted by Gasteiger charge is -2.37. The number of amides is 1. The number of piperidine rings is 1. The summed E-state index contributed by atoms with van der Waals surface area (Å²) >= 11 is 0. The number of benzene rings is 2. The summed E-state index contributed by atoms with van der Waals surface area (Å²) in [5, 5.41) is 3.43. The molecule has 31 heavy (non-hydrogen) atoms. The number of nitrogens with one attached hydrogen (secondary N) is 1. The molecule has 6 heteroatoms. The molecule has 1 atom stereocenters. The molecule has 1 fully saturated rings. The van der Waals surface area contributed by atoms with Gasteiger partial charge in [-0.3, -0.25) is 4.79 Å². The van der Waals surface area contributed by atoms with Gasteiger partial charge in [0.05, 0.1) is 6.61 Å². The van der Waals surface area contributed by atoms with E-state index in [4.69, 9.17) is 9.47 Å². The van der Waals surface area contributed by atoms with E-state index in [0.717, 1.165) is 49.2 Å². The highest BCUT2D eigenvalue weighted by molar-refractivity contribution is 5.96. The Kier molecular flexibility index (Phi) is 10.3. The van der Waals surface area contributed by atoms with Gasteiger partial charge in [-0.2, -0.15) is 0 Å². The number of hydrogen-bond acceptors (Lipinski definition) is 4. The van der Waals surface area contributed by atoms with Crippen molar-refractivity contribution < 1.29 is 14.3 Å². The minimum atomic E-state index is 0. The molecule has 3 rings (SSSR count). The van der Waals surface area contributed by atoms with Gasteiger partial charge in [-0.15, -0.1) is 12.4 Å². The summed E-state index contributed by atoms with van der Waals surface area (Å²) in [7, 11) is 1.69. The van der Waals surface area contributed by atoms with E-state index >= 15 is 0 Å². The van der Waals surface area contributed by atoms with Crippen molar-refractivity contribution in [2.24, 2.45) is 0 Å². The Labute approximate surface area is 192 Å². The van der Waals surface area contributed by atoms with Crippen LogP contribution in [-0.4, -0.2) is 56.3 Å². The molecule has 5 nitrogen and oxygen atoms in total. The molecule has 0 saturated carbocycles. The molecule has 2 aromatic carbocycles. The molecule has 170 valence electrons. The predicted octanol–water partition coefficient (Wildman–Crippen LogP) is 4.79. The standard InChI is InChI=1S/C25H34N2O3.ClH/c1-19(2)27(23-11-7-12-26-18-23)25(28)22-15-21(20-9-5-4-6-10-20)16-24(17-22)30-14-8-13-29-3;/h4-6,9-10,15-17,19,23,26H,7-8,11-14,18H2,1-3H3;1H/t23-;/m1./s1. The van der Waals surface area contributed by atoms with E-state index in [1.807, 2.05) is 41.3 Å². The van der Waals surface area contributed by atoms with Crippen LogP contribution in [0.5, 0.6) is 5.75 Å². The summed E-state index contributed by atoms with van der Waals surface area (Å²) in [6.07, 6.45) is 2.94. The van der Waals surface area contributed by atoms with E-state index in [0.29, 0.717) is 18.8 Å². The highest BCUT2D eigenvalue weighted by atomic mass is 35.5. The van der Waals surface area contributed by atoms with Gasteiger partial charge in [0.15, 0.2) is 0 Å². The highest BCUT2D eigenvalue weighted by Gasteiger charge is 2.28. The average Bonchev–Trinajstić information content (AvgIpc) is 2.78. The fourth-order valence-corrected chi connectivity index (χ4v) is 4.04. The molecule has 1 aliphatic rings. The molecular formula is C25H35ClN2O3. The minimum absolute atomic E-state index is 0. The predicted molar refractivity (Wildman–Crippen MR) is 128 cm³/mol. The Morgan fingerprint density at radius 2 is 1.90 bits per heavy atom. The van der Waals surface area contributed by atoms with E-state index in [-0.39, 0.29) is 30.4 Å². The van der Waals surface area contributed by atoms with Gasteiger partial charge in [0.25, 0.3) is 5.91 Å². The fourth-order valence-electron chi connectivity index (χ4n) is 4.04. The molecule has 0 spiro atoms. The molecule has 0 radical (unpaired) electrons. The summed E-state index contributed by atoms with van der Waals surface area (Å²) in [6.45, 7) is 7.27. The molecule has 2 aromatic rings. The van der Waals surface area contributed by atoms with Crippen molar-refractivity contribution in [3.63, 3.8) is 0 Å². The van der Waals surface area contributed by atoms with Crippen molar-refractivity contribution in [1.82, 2.24) is 10.2 Å². The van der Waals surface area contributed by atoms with Crippen molar-refractivity contribution in [1.29, 1.82) is 0 Å². The first-order valence-corrected chi connectivity index (χ1v) is 11.0. The number of carbonyl (C=O) groups excluding carboxylic acids is 1. The van der Waals surface area contributed by atoms with Gasteiger partial charge in [0, 0.05) is 44.3 Å². The summed E-state index contributed by atoms with van der Waals surface area (Å²) < 4.78 is 11.1. The molecule has 1 N–H and O–H groups in total. The number of halogens is 1. The van der Waals surface area contributed by atoms with Crippen LogP contribution in [0.4, 0.5) is 0 Å². The quantitative estimate of drug-likeness (QED) is 0.562. The number of hydrogen-bond donors (Lipinski definition) is 1. The van der Waals surface area contributed by atoms with Gasteiger partial charge in [-0.25, -0.2) is 0 Å². The molecule has 0 aliphatic carbocycles. The fraction of sp³-hybridized carbons (Fsp3) is 0.480. The third-order valence-corrected chi connectivity index (χ3v) is 5.48. The number of methoxy groups -OCH3 is 1. The maximum Gasteiger partial charge on any atom is 0.254 e. The van der Waals surface area contributed by atoms with Gasteiger partial charge in [-0.1, -0.05) is 30.3 Å². The molecule has 1 heterocycles. The van der Waals surface area contributed by atoms with Gasteiger partial charge >= 0.3 is 0 Å². The zero-order valence-electron chi connectivity index (χ0n) is 18.8. The maximum atomic E-state index is 13.6. The number of rotatable bonds is 9. The van der Waals surface area contributed by atoms with Crippen LogP contribution in [0.2, 0.25) is 0 Å². The number of ether oxygens (including phenoxy) is 2. The second-order valence-electron chi connectivity index (χ2n) is 8.11. The first-order valence-electron chi connectivity index (χ1n) is 11.0. The van der Waals surface area contributed by atoms with Crippen LogP contribution in [0.1, 0.15) is 43.5 Å². The molecule has 0 bridgehead atoms. The second-order valence-corrected chi connectivity index (χ2v) is 8.11. The van der Waals surface area contributed by atoms with E-state index < -0.39 is 0 Å². The molecule has 1 aliphatic heterocycles. The SMILES string of the molecule is COCCCOc1cc(C(=O)N(C(C)C)[C@@H]2CCCNC2)cc(-c2ccccc2)c1.Cl. The van der Waals surface area contributed by atoms with Crippen molar-refractivity contribution in [3.8, 4) is 16.9 Å². The summed E-state index contributed by atoms with van der Waals surface area (Å²) in [5.41, 5.74) is 2.75. The first kappa shape index (κ1) is 25.2. The Bertz CT molecular complexity index is 808. The zero-order chi connectivity index (χ0) is 21.3. The van der Waals surface area contributed by atoms with Crippen molar-refractivity contribution in [2.75, 3.05) is 33.4 Å². The molecular weight excluding hydrogens is 412 g/mol. The molecule has 0 aromatic heterocycles. The zero-order valence-corrected chi connectivity index (χ0v) is 19.6. The van der Waals surface area contributed by atoms with Crippen LogP contribution in [0.15, 0.2) is 48.5 Å². The van der Waals surface area contributed by atoms with Crippen LogP contribution < -0.4 is 10.1 Å². The number of carbonyl (C=O) groups is 1. The van der Waals surface area contributed by atoms with Crippen molar-refractivity contribution in [2.45, 2.75) is 45.2 Å². The third-order valence-electron chi connectivity index (χ3n) is 5.48. The summed E-state index contributed by atoms with van der Waals surface area (Å²) in [4.78, 5) is 15.7. The van der Waals surface area contributed by atoms with Crippen LogP contribution in [0.3, 0.4) is 0 Å². The lowest BCUT2D eigenvalue weighted by molar-refractivity contribution is 0.0573.